The molecule has 7 heteroatoms. The van der Waals surface area contributed by atoms with Gasteiger partial charge in [0.2, 0.25) is 0 Å². The lowest BCUT2D eigenvalue weighted by Gasteiger charge is -2.30. The van der Waals surface area contributed by atoms with Crippen LogP contribution in [-0.2, 0) is 0 Å². The minimum Gasteiger partial charge on any atom is -0.360 e. The molecule has 1 aliphatic heterocycles. The van der Waals surface area contributed by atoms with Crippen molar-refractivity contribution in [3.8, 4) is 0 Å². The number of nitrogens with one attached hydrogen (secondary N) is 2. The molecule has 2 N–H and O–H groups in total. The maximum absolute atomic E-state index is 12.5. The van der Waals surface area contributed by atoms with E-state index < -0.39 is 0 Å². The molecule has 0 saturated heterocycles. The minimum absolute atomic E-state index is 0.0196. The monoisotopic (exact) mass is 338 g/mol. The number of nitrogens with zero attached hydrogens (tertiary/aromatic N) is 2. The van der Waals surface area contributed by atoms with Crippen LogP contribution in [0.4, 0.5) is 5.82 Å². The Labute approximate surface area is 144 Å². The highest BCUT2D eigenvalue weighted by molar-refractivity contribution is 6.07. The van der Waals surface area contributed by atoms with Crippen LogP contribution in [-0.4, -0.2) is 27.6 Å². The Morgan fingerprint density at radius 2 is 2.08 bits per heavy atom. The summed E-state index contributed by atoms with van der Waals surface area (Å²) in [4.78, 5) is 24.7. The number of benzene rings is 1. The summed E-state index contributed by atoms with van der Waals surface area (Å²) in [7, 11) is 0. The lowest BCUT2D eigenvalue weighted by atomic mass is 10.1. The highest BCUT2D eigenvalue weighted by Crippen LogP contribution is 2.30. The molecule has 1 aliphatic rings. The summed E-state index contributed by atoms with van der Waals surface area (Å²) in [5, 5.41) is 10.4. The van der Waals surface area contributed by atoms with E-state index in [0.717, 1.165) is 10.9 Å². The fraction of sp³-hybridized carbons (Fsp3) is 0.278. The van der Waals surface area contributed by atoms with Gasteiger partial charge in [-0.1, -0.05) is 11.2 Å². The standard InChI is InChI=1S/C18H18N4O3/c1-9-6-16(21-25-9)20-17(23)13-5-4-12-7-15-18(24)19-10(2)11(3)22(15)14(12)8-13/h4-8,10-11H,1-3H3,(H,19,24)(H,20,21,23)/t10-,11-/m1/s1. The van der Waals surface area contributed by atoms with Gasteiger partial charge in [0.15, 0.2) is 5.82 Å². The van der Waals surface area contributed by atoms with Crippen LogP contribution >= 0.6 is 0 Å². The summed E-state index contributed by atoms with van der Waals surface area (Å²) in [6, 6.07) is 9.03. The fourth-order valence-corrected chi connectivity index (χ4v) is 3.21. The molecule has 0 unspecified atom stereocenters. The van der Waals surface area contributed by atoms with Crippen molar-refractivity contribution in [2.24, 2.45) is 0 Å². The zero-order valence-corrected chi connectivity index (χ0v) is 14.2. The van der Waals surface area contributed by atoms with Gasteiger partial charge in [0.25, 0.3) is 11.8 Å². The summed E-state index contributed by atoms with van der Waals surface area (Å²) < 4.78 is 6.95. The lowest BCUT2D eigenvalue weighted by Crippen LogP contribution is -2.44. The van der Waals surface area contributed by atoms with Gasteiger partial charge in [-0.15, -0.1) is 0 Å². The van der Waals surface area contributed by atoms with Gasteiger partial charge in [0.05, 0.1) is 6.04 Å². The van der Waals surface area contributed by atoms with Crippen molar-refractivity contribution in [3.05, 3.63) is 47.3 Å². The van der Waals surface area contributed by atoms with Crippen molar-refractivity contribution in [1.82, 2.24) is 15.0 Å². The quantitative estimate of drug-likeness (QED) is 0.752. The Bertz CT molecular complexity index is 1000. The number of fused-ring (bicyclic) bond motifs is 3. The van der Waals surface area contributed by atoms with E-state index in [0.29, 0.717) is 22.8 Å². The van der Waals surface area contributed by atoms with E-state index in [-0.39, 0.29) is 23.9 Å². The van der Waals surface area contributed by atoms with E-state index in [1.165, 1.54) is 0 Å². The Morgan fingerprint density at radius 1 is 1.28 bits per heavy atom. The summed E-state index contributed by atoms with van der Waals surface area (Å²) in [6.07, 6.45) is 0. The molecule has 2 atom stereocenters. The zero-order chi connectivity index (χ0) is 17.7. The molecule has 0 fully saturated rings. The zero-order valence-electron chi connectivity index (χ0n) is 14.2. The summed E-state index contributed by atoms with van der Waals surface area (Å²) >= 11 is 0. The van der Waals surface area contributed by atoms with Crippen LogP contribution in [0.15, 0.2) is 34.9 Å². The molecular weight excluding hydrogens is 320 g/mol. The second-order valence-corrected chi connectivity index (χ2v) is 6.45. The molecule has 0 radical (unpaired) electrons. The Balaban J connectivity index is 1.75. The number of aromatic nitrogens is 2. The van der Waals surface area contributed by atoms with Crippen LogP contribution in [0.1, 0.15) is 46.5 Å². The van der Waals surface area contributed by atoms with Gasteiger partial charge in [0.1, 0.15) is 11.5 Å². The molecule has 4 rings (SSSR count). The number of aryl methyl sites for hydroxylation is 1. The van der Waals surface area contributed by atoms with Gasteiger partial charge in [-0.3, -0.25) is 9.59 Å². The molecule has 128 valence electrons. The highest BCUT2D eigenvalue weighted by Gasteiger charge is 2.29. The predicted molar refractivity (Wildman–Crippen MR) is 92.8 cm³/mol. The van der Waals surface area contributed by atoms with E-state index >= 15 is 0 Å². The Kier molecular flexibility index (Phi) is 3.38. The van der Waals surface area contributed by atoms with E-state index in [4.69, 9.17) is 4.52 Å². The molecule has 3 heterocycles. The van der Waals surface area contributed by atoms with Crippen LogP contribution < -0.4 is 10.6 Å². The maximum atomic E-state index is 12.5. The van der Waals surface area contributed by atoms with Crippen molar-refractivity contribution >= 4 is 28.5 Å². The van der Waals surface area contributed by atoms with E-state index in [2.05, 4.69) is 22.7 Å². The first kappa shape index (κ1) is 15.4. The van der Waals surface area contributed by atoms with Crippen molar-refractivity contribution in [3.63, 3.8) is 0 Å². The molecule has 0 aliphatic carbocycles. The number of hydrogen-bond acceptors (Lipinski definition) is 4. The topological polar surface area (TPSA) is 89.2 Å². The number of carbonyl (C=O) groups is 2. The lowest BCUT2D eigenvalue weighted by molar-refractivity contribution is 0.0891. The van der Waals surface area contributed by atoms with Crippen LogP contribution in [0.5, 0.6) is 0 Å². The van der Waals surface area contributed by atoms with Crippen molar-refractivity contribution in [1.29, 1.82) is 0 Å². The average Bonchev–Trinajstić information content (AvgIpc) is 3.15. The molecule has 0 bridgehead atoms. The molecule has 0 saturated carbocycles. The molecule has 25 heavy (non-hydrogen) atoms. The van der Waals surface area contributed by atoms with Gasteiger partial charge in [-0.25, -0.2) is 0 Å². The summed E-state index contributed by atoms with van der Waals surface area (Å²) in [5.41, 5.74) is 1.98. The largest absolute Gasteiger partial charge is 0.360 e. The van der Waals surface area contributed by atoms with E-state index in [9.17, 15) is 9.59 Å². The highest BCUT2D eigenvalue weighted by atomic mass is 16.5. The number of hydrogen-bond donors (Lipinski definition) is 2. The number of rotatable bonds is 2. The molecule has 1 aromatic carbocycles. The van der Waals surface area contributed by atoms with Crippen molar-refractivity contribution in [2.75, 3.05) is 5.32 Å². The van der Waals surface area contributed by atoms with Crippen LogP contribution in [0, 0.1) is 6.92 Å². The Morgan fingerprint density at radius 3 is 2.80 bits per heavy atom. The second-order valence-electron chi connectivity index (χ2n) is 6.45. The minimum atomic E-state index is -0.272. The van der Waals surface area contributed by atoms with Gasteiger partial charge in [0, 0.05) is 28.6 Å². The first-order valence-corrected chi connectivity index (χ1v) is 8.14. The molecule has 0 spiro atoms. The number of anilines is 1. The van der Waals surface area contributed by atoms with Crippen LogP contribution in [0.2, 0.25) is 0 Å². The third kappa shape index (κ3) is 2.48. The van der Waals surface area contributed by atoms with Crippen molar-refractivity contribution in [2.45, 2.75) is 32.9 Å². The van der Waals surface area contributed by atoms with Crippen molar-refractivity contribution < 1.29 is 14.1 Å². The SMILES string of the molecule is Cc1cc(NC(=O)c2ccc3cc4n(c3c2)[C@H](C)[C@@H](C)NC4=O)no1. The Hall–Kier alpha value is -3.09. The van der Waals surface area contributed by atoms with Crippen LogP contribution in [0.3, 0.4) is 0 Å². The normalized spacial score (nSPS) is 19.6. The molecule has 3 aromatic rings. The first-order valence-electron chi connectivity index (χ1n) is 8.14. The van der Waals surface area contributed by atoms with Gasteiger partial charge < -0.3 is 19.7 Å². The smallest absolute Gasteiger partial charge is 0.268 e. The summed E-state index contributed by atoms with van der Waals surface area (Å²) in [6.45, 7) is 5.79. The molecule has 7 nitrogen and oxygen atoms in total. The van der Waals surface area contributed by atoms with Gasteiger partial charge in [-0.2, -0.15) is 0 Å². The molecule has 2 aromatic heterocycles. The number of amides is 2. The fourth-order valence-electron chi connectivity index (χ4n) is 3.21. The maximum Gasteiger partial charge on any atom is 0.268 e. The van der Waals surface area contributed by atoms with Gasteiger partial charge >= 0.3 is 0 Å². The first-order chi connectivity index (χ1) is 11.9. The second kappa shape index (κ2) is 5.47. The van der Waals surface area contributed by atoms with Crippen LogP contribution in [0.25, 0.3) is 10.9 Å². The number of carbonyl (C=O) groups excluding carboxylic acids is 2. The van der Waals surface area contributed by atoms with Gasteiger partial charge in [-0.05, 0) is 39.0 Å². The predicted octanol–water partition coefficient (Wildman–Crippen LogP) is 2.88. The third-order valence-corrected chi connectivity index (χ3v) is 4.70. The van der Waals surface area contributed by atoms with E-state index in [1.807, 2.05) is 29.7 Å². The summed E-state index contributed by atoms with van der Waals surface area (Å²) in [5.74, 6) is 0.638. The van der Waals surface area contributed by atoms with E-state index in [1.54, 1.807) is 19.1 Å². The molecule has 2 amide bonds. The third-order valence-electron chi connectivity index (χ3n) is 4.70. The average molecular weight is 338 g/mol. The molecular formula is C18H18N4O3.